The van der Waals surface area contributed by atoms with Crippen LogP contribution in [-0.2, 0) is 16.1 Å². The van der Waals surface area contributed by atoms with E-state index in [2.05, 4.69) is 5.32 Å². The minimum absolute atomic E-state index is 0.0402. The Morgan fingerprint density at radius 1 is 0.897 bits per heavy atom. The Kier molecular flexibility index (Phi) is 5.56. The number of carbonyl (C=O) groups is 2. The van der Waals surface area contributed by atoms with Crippen molar-refractivity contribution >= 4 is 17.5 Å². The first-order chi connectivity index (χ1) is 14.2. The number of nitrogens with zero attached hydrogens (tertiary/aromatic N) is 1. The lowest BCUT2D eigenvalue weighted by atomic mass is 10.1. The topological polar surface area (TPSA) is 58.6 Å². The molecule has 1 atom stereocenters. The molecular formula is C24H22N2O3. The van der Waals surface area contributed by atoms with Gasteiger partial charge < -0.3 is 15.0 Å². The highest BCUT2D eigenvalue weighted by atomic mass is 16.5. The highest BCUT2D eigenvalue weighted by Crippen LogP contribution is 2.28. The number of anilines is 1. The van der Waals surface area contributed by atoms with Crippen molar-refractivity contribution < 1.29 is 14.3 Å². The van der Waals surface area contributed by atoms with Gasteiger partial charge in [-0.3, -0.25) is 9.59 Å². The maximum atomic E-state index is 12.5. The van der Waals surface area contributed by atoms with Gasteiger partial charge in [0.2, 0.25) is 11.8 Å². The minimum Gasteiger partial charge on any atom is -0.457 e. The van der Waals surface area contributed by atoms with Gasteiger partial charge in [0.1, 0.15) is 11.5 Å². The average molecular weight is 386 g/mol. The Bertz CT molecular complexity index is 972. The van der Waals surface area contributed by atoms with Crippen LogP contribution >= 0.6 is 0 Å². The van der Waals surface area contributed by atoms with E-state index in [9.17, 15) is 9.59 Å². The Hall–Kier alpha value is -3.60. The van der Waals surface area contributed by atoms with Crippen molar-refractivity contribution in [2.45, 2.75) is 13.0 Å². The zero-order chi connectivity index (χ0) is 20.1. The van der Waals surface area contributed by atoms with Crippen LogP contribution in [0, 0.1) is 5.92 Å². The van der Waals surface area contributed by atoms with E-state index in [4.69, 9.17) is 4.74 Å². The van der Waals surface area contributed by atoms with Crippen LogP contribution in [0.1, 0.15) is 12.0 Å². The van der Waals surface area contributed by atoms with Gasteiger partial charge in [0, 0.05) is 25.2 Å². The highest BCUT2D eigenvalue weighted by Gasteiger charge is 2.35. The summed E-state index contributed by atoms with van der Waals surface area (Å²) in [5.74, 6) is 0.984. The van der Waals surface area contributed by atoms with Gasteiger partial charge >= 0.3 is 0 Å². The maximum absolute atomic E-state index is 12.5. The van der Waals surface area contributed by atoms with E-state index in [0.717, 1.165) is 17.0 Å². The van der Waals surface area contributed by atoms with Crippen LogP contribution in [0.5, 0.6) is 11.5 Å². The first-order valence-electron chi connectivity index (χ1n) is 9.64. The Labute approximate surface area is 169 Å². The molecule has 0 spiro atoms. The van der Waals surface area contributed by atoms with E-state index >= 15 is 0 Å². The molecule has 3 aromatic carbocycles. The average Bonchev–Trinajstić information content (AvgIpc) is 3.16. The summed E-state index contributed by atoms with van der Waals surface area (Å²) < 4.78 is 5.79. The van der Waals surface area contributed by atoms with Crippen molar-refractivity contribution in [1.82, 2.24) is 5.32 Å². The molecule has 29 heavy (non-hydrogen) atoms. The van der Waals surface area contributed by atoms with Crippen LogP contribution in [0.3, 0.4) is 0 Å². The fraction of sp³-hybridized carbons (Fsp3) is 0.167. The van der Waals surface area contributed by atoms with E-state index in [1.807, 2.05) is 84.9 Å². The second-order valence-corrected chi connectivity index (χ2v) is 7.02. The number of amides is 2. The summed E-state index contributed by atoms with van der Waals surface area (Å²) in [6, 6.07) is 26.6. The summed E-state index contributed by atoms with van der Waals surface area (Å²) in [7, 11) is 0. The minimum atomic E-state index is -0.341. The number of carbonyl (C=O) groups excluding carboxylic acids is 2. The third-order valence-electron chi connectivity index (χ3n) is 4.93. The lowest BCUT2D eigenvalue weighted by molar-refractivity contribution is -0.126. The number of nitrogens with one attached hydrogen (secondary N) is 1. The summed E-state index contributed by atoms with van der Waals surface area (Å²) in [5.41, 5.74) is 1.81. The molecule has 2 amide bonds. The van der Waals surface area contributed by atoms with E-state index in [-0.39, 0.29) is 24.2 Å². The normalized spacial score (nSPS) is 15.9. The standard InChI is InChI=1S/C24H22N2O3/c27-23-15-19(24(28)25-16-18-7-3-1-4-8-18)17-26(23)20-11-13-22(14-12-20)29-21-9-5-2-6-10-21/h1-14,19H,15-17H2,(H,25,28). The van der Waals surface area contributed by atoms with E-state index in [1.165, 1.54) is 0 Å². The SMILES string of the molecule is O=C(NCc1ccccc1)C1CC(=O)N(c2ccc(Oc3ccccc3)cc2)C1. The molecule has 1 aliphatic rings. The van der Waals surface area contributed by atoms with Crippen LogP contribution in [0.15, 0.2) is 84.9 Å². The Morgan fingerprint density at radius 3 is 2.21 bits per heavy atom. The van der Waals surface area contributed by atoms with Gasteiger partial charge in [0.05, 0.1) is 5.92 Å². The predicted molar refractivity (Wildman–Crippen MR) is 112 cm³/mol. The Morgan fingerprint density at radius 2 is 1.52 bits per heavy atom. The van der Waals surface area contributed by atoms with Crippen LogP contribution in [0.25, 0.3) is 0 Å². The van der Waals surface area contributed by atoms with Crippen molar-refractivity contribution in [3.63, 3.8) is 0 Å². The Balaban J connectivity index is 1.35. The van der Waals surface area contributed by atoms with Gasteiger partial charge in [0.25, 0.3) is 0 Å². The number of hydrogen-bond acceptors (Lipinski definition) is 3. The summed E-state index contributed by atoms with van der Waals surface area (Å²) in [6.07, 6.45) is 0.225. The van der Waals surface area contributed by atoms with Gasteiger partial charge in [-0.2, -0.15) is 0 Å². The smallest absolute Gasteiger partial charge is 0.227 e. The quantitative estimate of drug-likeness (QED) is 0.692. The van der Waals surface area contributed by atoms with Crippen LogP contribution in [-0.4, -0.2) is 18.4 Å². The van der Waals surface area contributed by atoms with Crippen molar-refractivity contribution in [3.8, 4) is 11.5 Å². The molecule has 1 saturated heterocycles. The molecule has 5 heteroatoms. The lowest BCUT2D eigenvalue weighted by Gasteiger charge is -2.17. The number of ether oxygens (including phenoxy) is 1. The van der Waals surface area contributed by atoms with Crippen molar-refractivity contribution in [2.24, 2.45) is 5.92 Å². The summed E-state index contributed by atoms with van der Waals surface area (Å²) in [5, 5.41) is 2.93. The van der Waals surface area contributed by atoms with Crippen LogP contribution < -0.4 is 15.0 Å². The number of hydrogen-bond donors (Lipinski definition) is 1. The first-order valence-corrected chi connectivity index (χ1v) is 9.64. The summed E-state index contributed by atoms with van der Waals surface area (Å²) in [6.45, 7) is 0.855. The molecule has 5 nitrogen and oxygen atoms in total. The molecule has 3 aromatic rings. The van der Waals surface area contributed by atoms with Crippen LogP contribution in [0.4, 0.5) is 5.69 Å². The van der Waals surface area contributed by atoms with E-state index in [1.54, 1.807) is 4.90 Å². The molecule has 0 aromatic heterocycles. The molecule has 0 radical (unpaired) electrons. The van der Waals surface area contributed by atoms with E-state index in [0.29, 0.717) is 18.8 Å². The molecule has 1 aliphatic heterocycles. The molecular weight excluding hydrogens is 364 g/mol. The lowest BCUT2D eigenvalue weighted by Crippen LogP contribution is -2.32. The first kappa shape index (κ1) is 18.7. The molecule has 4 rings (SSSR count). The van der Waals surface area contributed by atoms with Crippen molar-refractivity contribution in [2.75, 3.05) is 11.4 Å². The van der Waals surface area contributed by atoms with Gasteiger partial charge in [-0.1, -0.05) is 48.5 Å². The summed E-state index contributed by atoms with van der Waals surface area (Å²) in [4.78, 5) is 26.6. The van der Waals surface area contributed by atoms with Gasteiger partial charge in [-0.15, -0.1) is 0 Å². The largest absolute Gasteiger partial charge is 0.457 e. The molecule has 1 heterocycles. The van der Waals surface area contributed by atoms with Gasteiger partial charge in [0.15, 0.2) is 0 Å². The maximum Gasteiger partial charge on any atom is 0.227 e. The fourth-order valence-electron chi connectivity index (χ4n) is 3.38. The zero-order valence-corrected chi connectivity index (χ0v) is 16.0. The monoisotopic (exact) mass is 386 g/mol. The third-order valence-corrected chi connectivity index (χ3v) is 4.93. The van der Waals surface area contributed by atoms with Crippen molar-refractivity contribution in [1.29, 1.82) is 0 Å². The summed E-state index contributed by atoms with van der Waals surface area (Å²) >= 11 is 0. The fourth-order valence-corrected chi connectivity index (χ4v) is 3.38. The predicted octanol–water partition coefficient (Wildman–Crippen LogP) is 4.15. The second kappa shape index (κ2) is 8.61. The molecule has 0 saturated carbocycles. The molecule has 0 aliphatic carbocycles. The number of benzene rings is 3. The second-order valence-electron chi connectivity index (χ2n) is 7.02. The van der Waals surface area contributed by atoms with Crippen LogP contribution in [0.2, 0.25) is 0 Å². The number of rotatable bonds is 6. The molecule has 146 valence electrons. The molecule has 1 fully saturated rings. The van der Waals surface area contributed by atoms with Crippen molar-refractivity contribution in [3.05, 3.63) is 90.5 Å². The highest BCUT2D eigenvalue weighted by molar-refractivity contribution is 6.00. The molecule has 0 bridgehead atoms. The molecule has 1 unspecified atom stereocenters. The molecule has 1 N–H and O–H groups in total. The van der Waals surface area contributed by atoms with E-state index < -0.39 is 0 Å². The van der Waals surface area contributed by atoms with Gasteiger partial charge in [-0.25, -0.2) is 0 Å². The number of para-hydroxylation sites is 1. The van der Waals surface area contributed by atoms with Gasteiger partial charge in [-0.05, 0) is 42.0 Å². The third kappa shape index (κ3) is 4.63. The zero-order valence-electron chi connectivity index (χ0n) is 16.0.